The minimum Gasteiger partial charge on any atom is -0.312 e. The standard InChI is InChI=1S/C15H27N5/c1-11(2)20-15(17-10-18-20)9-19-8-14(13-4-5-13)16-7-6-12(19)3/h10-14,16H,4-9H2,1-3H3. The van der Waals surface area contributed by atoms with Crippen LogP contribution in [0.2, 0.25) is 0 Å². The van der Waals surface area contributed by atoms with Crippen molar-refractivity contribution in [3.8, 4) is 0 Å². The largest absolute Gasteiger partial charge is 0.312 e. The van der Waals surface area contributed by atoms with E-state index in [0.29, 0.717) is 18.1 Å². The van der Waals surface area contributed by atoms with E-state index in [4.69, 9.17) is 0 Å². The molecule has 2 heterocycles. The lowest BCUT2D eigenvalue weighted by atomic mass is 10.1. The average molecular weight is 277 g/mol. The van der Waals surface area contributed by atoms with Gasteiger partial charge in [0.1, 0.15) is 12.2 Å². The van der Waals surface area contributed by atoms with Crippen molar-refractivity contribution in [2.24, 2.45) is 5.92 Å². The summed E-state index contributed by atoms with van der Waals surface area (Å²) in [6, 6.07) is 1.67. The van der Waals surface area contributed by atoms with Gasteiger partial charge < -0.3 is 5.32 Å². The molecular formula is C15H27N5. The lowest BCUT2D eigenvalue weighted by Crippen LogP contribution is -2.41. The summed E-state index contributed by atoms with van der Waals surface area (Å²) in [6.07, 6.45) is 5.72. The second-order valence-electron chi connectivity index (χ2n) is 6.68. The smallest absolute Gasteiger partial charge is 0.141 e. The van der Waals surface area contributed by atoms with E-state index in [1.165, 1.54) is 19.3 Å². The summed E-state index contributed by atoms with van der Waals surface area (Å²) in [6.45, 7) is 9.89. The van der Waals surface area contributed by atoms with Crippen LogP contribution in [0.4, 0.5) is 0 Å². The molecule has 1 aliphatic heterocycles. The first-order chi connectivity index (χ1) is 9.65. The Hall–Kier alpha value is -0.940. The van der Waals surface area contributed by atoms with Crippen molar-refractivity contribution >= 4 is 0 Å². The fourth-order valence-corrected chi connectivity index (χ4v) is 3.19. The third kappa shape index (κ3) is 3.04. The Bertz CT molecular complexity index is 437. The zero-order chi connectivity index (χ0) is 14.1. The van der Waals surface area contributed by atoms with E-state index < -0.39 is 0 Å². The number of aromatic nitrogens is 3. The lowest BCUT2D eigenvalue weighted by molar-refractivity contribution is 0.182. The average Bonchev–Trinajstić information content (AvgIpc) is 3.16. The molecule has 1 saturated heterocycles. The third-order valence-electron chi connectivity index (χ3n) is 4.70. The first kappa shape index (κ1) is 14.0. The van der Waals surface area contributed by atoms with Crippen LogP contribution < -0.4 is 5.32 Å². The van der Waals surface area contributed by atoms with Gasteiger partial charge in [-0.1, -0.05) is 0 Å². The Morgan fingerprint density at radius 1 is 1.35 bits per heavy atom. The summed E-state index contributed by atoms with van der Waals surface area (Å²) >= 11 is 0. The fourth-order valence-electron chi connectivity index (χ4n) is 3.19. The molecule has 1 N–H and O–H groups in total. The fraction of sp³-hybridized carbons (Fsp3) is 0.867. The molecule has 0 aromatic carbocycles. The van der Waals surface area contributed by atoms with Gasteiger partial charge in [0.2, 0.25) is 0 Å². The first-order valence-corrected chi connectivity index (χ1v) is 8.01. The first-order valence-electron chi connectivity index (χ1n) is 8.01. The molecule has 2 aliphatic rings. The molecule has 3 rings (SSSR count). The van der Waals surface area contributed by atoms with E-state index in [9.17, 15) is 0 Å². The summed E-state index contributed by atoms with van der Waals surface area (Å²) < 4.78 is 2.05. The van der Waals surface area contributed by atoms with Gasteiger partial charge in [-0.2, -0.15) is 5.10 Å². The van der Waals surface area contributed by atoms with Crippen molar-refractivity contribution in [1.29, 1.82) is 0 Å². The van der Waals surface area contributed by atoms with Gasteiger partial charge in [-0.15, -0.1) is 0 Å². The van der Waals surface area contributed by atoms with E-state index in [1.807, 2.05) is 0 Å². The van der Waals surface area contributed by atoms with Crippen molar-refractivity contribution in [1.82, 2.24) is 25.0 Å². The SMILES string of the molecule is CC1CCNC(C2CC2)CN1Cc1ncnn1C(C)C. The summed E-state index contributed by atoms with van der Waals surface area (Å²) in [4.78, 5) is 7.06. The molecule has 2 atom stereocenters. The number of hydrogen-bond donors (Lipinski definition) is 1. The van der Waals surface area contributed by atoms with Crippen molar-refractivity contribution < 1.29 is 0 Å². The number of nitrogens with zero attached hydrogens (tertiary/aromatic N) is 4. The van der Waals surface area contributed by atoms with Gasteiger partial charge in [-0.3, -0.25) is 4.90 Å². The van der Waals surface area contributed by atoms with Gasteiger partial charge in [0.25, 0.3) is 0 Å². The Morgan fingerprint density at radius 3 is 2.85 bits per heavy atom. The van der Waals surface area contributed by atoms with Crippen LogP contribution in [0, 0.1) is 5.92 Å². The molecule has 1 aromatic rings. The summed E-state index contributed by atoms with van der Waals surface area (Å²) in [5.74, 6) is 2.01. The molecule has 0 bridgehead atoms. The normalized spacial score (nSPS) is 28.8. The van der Waals surface area contributed by atoms with Crippen LogP contribution in [-0.2, 0) is 6.54 Å². The Morgan fingerprint density at radius 2 is 2.15 bits per heavy atom. The quantitative estimate of drug-likeness (QED) is 0.912. The second kappa shape index (κ2) is 5.82. The van der Waals surface area contributed by atoms with E-state index in [2.05, 4.69) is 45.8 Å². The summed E-state index contributed by atoms with van der Waals surface area (Å²) in [7, 11) is 0. The molecule has 0 radical (unpaired) electrons. The Kier molecular flexibility index (Phi) is 4.08. The zero-order valence-corrected chi connectivity index (χ0v) is 12.9. The molecular weight excluding hydrogens is 250 g/mol. The predicted molar refractivity (Wildman–Crippen MR) is 79.4 cm³/mol. The number of rotatable bonds is 4. The van der Waals surface area contributed by atoms with Crippen molar-refractivity contribution in [3.63, 3.8) is 0 Å². The van der Waals surface area contributed by atoms with Crippen LogP contribution >= 0.6 is 0 Å². The number of nitrogens with one attached hydrogen (secondary N) is 1. The van der Waals surface area contributed by atoms with E-state index in [1.54, 1.807) is 6.33 Å². The molecule has 1 aromatic heterocycles. The van der Waals surface area contributed by atoms with Gasteiger partial charge in [-0.05, 0) is 52.5 Å². The van der Waals surface area contributed by atoms with Crippen LogP contribution in [0.25, 0.3) is 0 Å². The zero-order valence-electron chi connectivity index (χ0n) is 12.9. The minimum absolute atomic E-state index is 0.382. The van der Waals surface area contributed by atoms with Gasteiger partial charge in [0.15, 0.2) is 0 Å². The van der Waals surface area contributed by atoms with E-state index >= 15 is 0 Å². The molecule has 2 fully saturated rings. The monoisotopic (exact) mass is 277 g/mol. The molecule has 1 aliphatic carbocycles. The predicted octanol–water partition coefficient (Wildman–Crippen LogP) is 1.82. The van der Waals surface area contributed by atoms with Crippen LogP contribution in [0.3, 0.4) is 0 Å². The highest BCUT2D eigenvalue weighted by Gasteiger charge is 2.34. The van der Waals surface area contributed by atoms with E-state index in [0.717, 1.165) is 31.4 Å². The van der Waals surface area contributed by atoms with Crippen molar-refractivity contribution in [3.05, 3.63) is 12.2 Å². The second-order valence-corrected chi connectivity index (χ2v) is 6.68. The van der Waals surface area contributed by atoms with Crippen LogP contribution in [-0.4, -0.2) is 44.8 Å². The molecule has 112 valence electrons. The number of hydrogen-bond acceptors (Lipinski definition) is 4. The Balaban J connectivity index is 1.71. The molecule has 1 saturated carbocycles. The summed E-state index contributed by atoms with van der Waals surface area (Å²) in [5, 5.41) is 8.10. The lowest BCUT2D eigenvalue weighted by Gasteiger charge is -2.29. The van der Waals surface area contributed by atoms with E-state index in [-0.39, 0.29) is 0 Å². The third-order valence-corrected chi connectivity index (χ3v) is 4.70. The highest BCUT2D eigenvalue weighted by Crippen LogP contribution is 2.34. The van der Waals surface area contributed by atoms with Gasteiger partial charge in [0, 0.05) is 24.7 Å². The maximum atomic E-state index is 4.47. The topological polar surface area (TPSA) is 46.0 Å². The van der Waals surface area contributed by atoms with Crippen LogP contribution in [0.1, 0.15) is 51.9 Å². The van der Waals surface area contributed by atoms with Gasteiger partial charge in [-0.25, -0.2) is 9.67 Å². The minimum atomic E-state index is 0.382. The highest BCUT2D eigenvalue weighted by atomic mass is 15.4. The van der Waals surface area contributed by atoms with Crippen LogP contribution in [0.5, 0.6) is 0 Å². The van der Waals surface area contributed by atoms with Gasteiger partial charge >= 0.3 is 0 Å². The highest BCUT2D eigenvalue weighted by molar-refractivity contribution is 4.94. The Labute approximate surface area is 121 Å². The molecule has 5 nitrogen and oxygen atoms in total. The van der Waals surface area contributed by atoms with Crippen molar-refractivity contribution in [2.75, 3.05) is 13.1 Å². The van der Waals surface area contributed by atoms with Gasteiger partial charge in [0.05, 0.1) is 6.54 Å². The summed E-state index contributed by atoms with van der Waals surface area (Å²) in [5.41, 5.74) is 0. The molecule has 2 unspecified atom stereocenters. The molecule has 20 heavy (non-hydrogen) atoms. The van der Waals surface area contributed by atoms with Crippen molar-refractivity contribution in [2.45, 2.75) is 64.7 Å². The molecule has 0 spiro atoms. The maximum Gasteiger partial charge on any atom is 0.141 e. The van der Waals surface area contributed by atoms with Crippen LogP contribution in [0.15, 0.2) is 6.33 Å². The maximum absolute atomic E-state index is 4.47. The molecule has 5 heteroatoms. The molecule has 0 amide bonds.